The first kappa shape index (κ1) is 18.1. The van der Waals surface area contributed by atoms with E-state index in [1.807, 2.05) is 4.90 Å². The molecular formula is C17H19FN4O4S. The topological polar surface area (TPSA) is 96.6 Å². The zero-order valence-corrected chi connectivity index (χ0v) is 15.5. The number of sulfone groups is 1. The van der Waals surface area contributed by atoms with Crippen LogP contribution < -0.4 is 0 Å². The van der Waals surface area contributed by atoms with Gasteiger partial charge in [0.25, 0.3) is 0 Å². The third-order valence-electron chi connectivity index (χ3n) is 5.07. The summed E-state index contributed by atoms with van der Waals surface area (Å²) in [4.78, 5) is 15.5. The standard InChI is InChI=1S/C17H19FN4O4S/c1-11(23)22-6-5-21(14-9-27(24,25)10-15(14)22)8-16-19-20-17(26-16)12-3-2-4-13(18)7-12/h2-4,7,14-15H,5-6,8-10H2,1H3/t14-,15+/m0/s1. The van der Waals surface area contributed by atoms with Crippen LogP contribution in [0.1, 0.15) is 12.8 Å². The normalized spacial score (nSPS) is 24.7. The molecule has 3 heterocycles. The Bertz CT molecular complexity index is 977. The molecule has 2 aromatic rings. The second-order valence-electron chi connectivity index (χ2n) is 6.91. The summed E-state index contributed by atoms with van der Waals surface area (Å²) in [5.41, 5.74) is 0.483. The number of amides is 1. The van der Waals surface area contributed by atoms with Gasteiger partial charge in [-0.1, -0.05) is 6.07 Å². The van der Waals surface area contributed by atoms with Gasteiger partial charge in [-0.05, 0) is 18.2 Å². The number of rotatable bonds is 3. The molecule has 4 rings (SSSR count). The molecule has 0 saturated carbocycles. The molecular weight excluding hydrogens is 375 g/mol. The van der Waals surface area contributed by atoms with Crippen molar-refractivity contribution in [3.05, 3.63) is 36.0 Å². The van der Waals surface area contributed by atoms with Gasteiger partial charge in [0.1, 0.15) is 5.82 Å². The molecule has 2 saturated heterocycles. The number of piperazine rings is 1. The van der Waals surface area contributed by atoms with Crippen molar-refractivity contribution in [3.8, 4) is 11.5 Å². The summed E-state index contributed by atoms with van der Waals surface area (Å²) in [5.74, 6) is 0.00828. The Kier molecular flexibility index (Phi) is 4.47. The Hall–Kier alpha value is -2.33. The lowest BCUT2D eigenvalue weighted by Crippen LogP contribution is -2.59. The number of carbonyl (C=O) groups excluding carboxylic acids is 1. The number of hydrogen-bond donors (Lipinski definition) is 0. The van der Waals surface area contributed by atoms with E-state index in [4.69, 9.17) is 4.42 Å². The summed E-state index contributed by atoms with van der Waals surface area (Å²) >= 11 is 0. The Morgan fingerprint density at radius 1 is 1.26 bits per heavy atom. The van der Waals surface area contributed by atoms with Crippen molar-refractivity contribution in [1.82, 2.24) is 20.0 Å². The zero-order chi connectivity index (χ0) is 19.2. The third kappa shape index (κ3) is 3.59. The predicted octanol–water partition coefficient (Wildman–Crippen LogP) is 0.705. The summed E-state index contributed by atoms with van der Waals surface area (Å²) in [7, 11) is -3.21. The fraction of sp³-hybridized carbons (Fsp3) is 0.471. The first-order valence-corrected chi connectivity index (χ1v) is 10.4. The second-order valence-corrected chi connectivity index (χ2v) is 9.06. The molecule has 0 N–H and O–H groups in total. The van der Waals surface area contributed by atoms with Gasteiger partial charge in [-0.2, -0.15) is 0 Å². The van der Waals surface area contributed by atoms with E-state index in [-0.39, 0.29) is 41.9 Å². The molecule has 1 aromatic carbocycles. The van der Waals surface area contributed by atoms with Crippen LogP contribution in [0.4, 0.5) is 4.39 Å². The molecule has 0 bridgehead atoms. The van der Waals surface area contributed by atoms with Gasteiger partial charge in [0.05, 0.1) is 24.1 Å². The highest BCUT2D eigenvalue weighted by atomic mass is 32.2. The highest BCUT2D eigenvalue weighted by Crippen LogP contribution is 2.28. The summed E-state index contributed by atoms with van der Waals surface area (Å²) in [6.45, 7) is 2.72. The molecule has 0 spiro atoms. The van der Waals surface area contributed by atoms with E-state index in [0.29, 0.717) is 24.5 Å². The van der Waals surface area contributed by atoms with Gasteiger partial charge in [0.2, 0.25) is 17.7 Å². The van der Waals surface area contributed by atoms with Crippen LogP contribution in [-0.4, -0.2) is 71.0 Å². The summed E-state index contributed by atoms with van der Waals surface area (Å²) < 4.78 is 43.3. The number of nitrogens with zero attached hydrogens (tertiary/aromatic N) is 4. The van der Waals surface area contributed by atoms with Crippen molar-refractivity contribution in [2.45, 2.75) is 25.6 Å². The molecule has 2 aliphatic heterocycles. The quantitative estimate of drug-likeness (QED) is 0.756. The molecule has 2 atom stereocenters. The van der Waals surface area contributed by atoms with Crippen molar-refractivity contribution >= 4 is 15.7 Å². The molecule has 27 heavy (non-hydrogen) atoms. The van der Waals surface area contributed by atoms with Gasteiger partial charge in [0, 0.05) is 31.6 Å². The number of halogens is 1. The van der Waals surface area contributed by atoms with Crippen LogP contribution >= 0.6 is 0 Å². The molecule has 10 heteroatoms. The number of aromatic nitrogens is 2. The minimum absolute atomic E-state index is 0.00629. The maximum atomic E-state index is 13.4. The van der Waals surface area contributed by atoms with Crippen molar-refractivity contribution in [2.75, 3.05) is 24.6 Å². The summed E-state index contributed by atoms with van der Waals surface area (Å²) in [6.07, 6.45) is 0. The van der Waals surface area contributed by atoms with Gasteiger partial charge in [0.15, 0.2) is 9.84 Å². The fourth-order valence-corrected chi connectivity index (χ4v) is 5.85. The van der Waals surface area contributed by atoms with Crippen LogP contribution in [0.3, 0.4) is 0 Å². The van der Waals surface area contributed by atoms with E-state index < -0.39 is 15.7 Å². The lowest BCUT2D eigenvalue weighted by Gasteiger charge is -2.43. The van der Waals surface area contributed by atoms with Crippen LogP contribution in [0.5, 0.6) is 0 Å². The van der Waals surface area contributed by atoms with Gasteiger partial charge < -0.3 is 9.32 Å². The van der Waals surface area contributed by atoms with Crippen LogP contribution in [0.2, 0.25) is 0 Å². The number of carbonyl (C=O) groups is 1. The van der Waals surface area contributed by atoms with E-state index in [1.54, 1.807) is 17.0 Å². The van der Waals surface area contributed by atoms with Gasteiger partial charge in [-0.15, -0.1) is 10.2 Å². The molecule has 8 nitrogen and oxygen atoms in total. The van der Waals surface area contributed by atoms with Crippen molar-refractivity contribution in [2.24, 2.45) is 0 Å². The average molecular weight is 394 g/mol. The molecule has 0 unspecified atom stereocenters. The largest absolute Gasteiger partial charge is 0.419 e. The Labute approximate surface area is 155 Å². The van der Waals surface area contributed by atoms with Gasteiger partial charge >= 0.3 is 0 Å². The Morgan fingerprint density at radius 2 is 2.04 bits per heavy atom. The minimum atomic E-state index is -3.21. The number of hydrogen-bond acceptors (Lipinski definition) is 7. The molecule has 0 aliphatic carbocycles. The average Bonchev–Trinajstić information content (AvgIpc) is 3.18. The summed E-state index contributed by atoms with van der Waals surface area (Å²) in [6, 6.07) is 5.22. The predicted molar refractivity (Wildman–Crippen MR) is 93.7 cm³/mol. The van der Waals surface area contributed by atoms with E-state index in [0.717, 1.165) is 0 Å². The smallest absolute Gasteiger partial charge is 0.247 e. The van der Waals surface area contributed by atoms with E-state index in [9.17, 15) is 17.6 Å². The SMILES string of the molecule is CC(=O)N1CCN(Cc2nnc(-c3cccc(F)c3)o2)[C@H]2CS(=O)(=O)C[C@H]21. The van der Waals surface area contributed by atoms with Crippen molar-refractivity contribution < 1.29 is 22.0 Å². The van der Waals surface area contributed by atoms with Crippen LogP contribution in [0, 0.1) is 5.82 Å². The fourth-order valence-electron chi connectivity index (χ4n) is 3.84. The van der Waals surface area contributed by atoms with Crippen LogP contribution in [-0.2, 0) is 21.2 Å². The van der Waals surface area contributed by atoms with Crippen LogP contribution in [0.25, 0.3) is 11.5 Å². The molecule has 1 aromatic heterocycles. The minimum Gasteiger partial charge on any atom is -0.419 e. The molecule has 2 fully saturated rings. The number of fused-ring (bicyclic) bond motifs is 1. The van der Waals surface area contributed by atoms with E-state index in [1.165, 1.54) is 19.1 Å². The highest BCUT2D eigenvalue weighted by Gasteiger charge is 2.47. The monoisotopic (exact) mass is 394 g/mol. The third-order valence-corrected chi connectivity index (χ3v) is 6.77. The Morgan fingerprint density at radius 3 is 2.78 bits per heavy atom. The Balaban J connectivity index is 1.54. The van der Waals surface area contributed by atoms with Crippen molar-refractivity contribution in [3.63, 3.8) is 0 Å². The first-order chi connectivity index (χ1) is 12.8. The molecule has 0 radical (unpaired) electrons. The van der Waals surface area contributed by atoms with E-state index in [2.05, 4.69) is 10.2 Å². The maximum Gasteiger partial charge on any atom is 0.247 e. The second kappa shape index (κ2) is 6.68. The van der Waals surface area contributed by atoms with Gasteiger partial charge in [-0.3, -0.25) is 9.69 Å². The molecule has 2 aliphatic rings. The molecule has 144 valence electrons. The lowest BCUT2D eigenvalue weighted by molar-refractivity contribution is -0.134. The molecule has 1 amide bonds. The lowest BCUT2D eigenvalue weighted by atomic mass is 10.0. The number of benzene rings is 1. The summed E-state index contributed by atoms with van der Waals surface area (Å²) in [5, 5.41) is 7.97. The van der Waals surface area contributed by atoms with Crippen molar-refractivity contribution in [1.29, 1.82) is 0 Å². The van der Waals surface area contributed by atoms with E-state index >= 15 is 0 Å². The highest BCUT2D eigenvalue weighted by molar-refractivity contribution is 7.91. The van der Waals surface area contributed by atoms with Crippen LogP contribution in [0.15, 0.2) is 28.7 Å². The zero-order valence-electron chi connectivity index (χ0n) is 14.7. The van der Waals surface area contributed by atoms with Gasteiger partial charge in [-0.25, -0.2) is 12.8 Å². The first-order valence-electron chi connectivity index (χ1n) is 8.62. The maximum absolute atomic E-state index is 13.4.